The van der Waals surface area contributed by atoms with Gasteiger partial charge in [-0.15, -0.1) is 0 Å². The van der Waals surface area contributed by atoms with Gasteiger partial charge in [-0.2, -0.15) is 0 Å². The van der Waals surface area contributed by atoms with Crippen molar-refractivity contribution in [1.82, 2.24) is 15.0 Å². The maximum Gasteiger partial charge on any atom is 0.323 e. The van der Waals surface area contributed by atoms with Crippen LogP contribution in [0.5, 0.6) is 17.2 Å². The number of likely N-dealkylation sites (N-methyl/N-ethyl adjacent to an activating group) is 1. The molecule has 0 aliphatic carbocycles. The molecule has 0 radical (unpaired) electrons. The number of anilines is 2. The molecule has 1 aromatic heterocycles. The van der Waals surface area contributed by atoms with E-state index in [2.05, 4.69) is 20.7 Å². The highest BCUT2D eigenvalue weighted by Crippen LogP contribution is 2.34. The van der Waals surface area contributed by atoms with Crippen LogP contribution in [-0.4, -0.2) is 77.7 Å². The van der Waals surface area contributed by atoms with Crippen LogP contribution in [0.1, 0.15) is 41.2 Å². The van der Waals surface area contributed by atoms with Crippen LogP contribution >= 0.6 is 0 Å². The minimum Gasteiger partial charge on any atom is -0.488 e. The van der Waals surface area contributed by atoms with E-state index in [1.165, 1.54) is 0 Å². The van der Waals surface area contributed by atoms with E-state index >= 15 is 0 Å². The van der Waals surface area contributed by atoms with Crippen LogP contribution in [0.25, 0.3) is 0 Å². The van der Waals surface area contributed by atoms with Gasteiger partial charge in [-0.1, -0.05) is 18.1 Å². The number of aliphatic hydroxyl groups is 1. The van der Waals surface area contributed by atoms with Crippen molar-refractivity contribution in [1.29, 1.82) is 0 Å². The summed E-state index contributed by atoms with van der Waals surface area (Å²) in [4.78, 5) is 30.3. The zero-order valence-electron chi connectivity index (χ0n) is 24.5. The number of nitrogens with one attached hydrogen (secondary N) is 2. The van der Waals surface area contributed by atoms with Crippen LogP contribution in [0.2, 0.25) is 0 Å². The van der Waals surface area contributed by atoms with Crippen LogP contribution in [0.15, 0.2) is 40.9 Å². The van der Waals surface area contributed by atoms with Crippen molar-refractivity contribution < 1.29 is 33.4 Å². The van der Waals surface area contributed by atoms with Crippen molar-refractivity contribution in [3.8, 4) is 17.2 Å². The van der Waals surface area contributed by atoms with Crippen molar-refractivity contribution in [2.45, 2.75) is 46.4 Å². The lowest BCUT2D eigenvalue weighted by molar-refractivity contribution is 0.0341. The summed E-state index contributed by atoms with van der Waals surface area (Å²) in [6.07, 6.45) is -0.258. The first kappa shape index (κ1) is 29.2. The summed E-state index contributed by atoms with van der Waals surface area (Å²) >= 11 is 0. The van der Waals surface area contributed by atoms with Crippen LogP contribution < -0.4 is 24.8 Å². The lowest BCUT2D eigenvalue weighted by Crippen LogP contribution is -2.49. The molecule has 2 aromatic carbocycles. The number of fused-ring (bicyclic) bond motifs is 2. The number of carbonyl (C=O) groups excluding carboxylic acids is 2. The first-order valence-corrected chi connectivity index (χ1v) is 13.9. The number of carbonyl (C=O) groups is 2. The lowest BCUT2D eigenvalue weighted by atomic mass is 9.99. The lowest BCUT2D eigenvalue weighted by Gasteiger charge is -2.38. The molecule has 3 aromatic rings. The smallest absolute Gasteiger partial charge is 0.323 e. The Hall–Kier alpha value is -4.29. The number of aliphatic hydroxyl groups excluding tert-OH is 1. The summed E-state index contributed by atoms with van der Waals surface area (Å²) in [5.74, 6) is 2.07. The van der Waals surface area contributed by atoms with E-state index < -0.39 is 12.1 Å². The molecule has 3 heterocycles. The second-order valence-electron chi connectivity index (χ2n) is 11.0. The van der Waals surface area contributed by atoms with Gasteiger partial charge in [-0.05, 0) is 63.7 Å². The second kappa shape index (κ2) is 12.3. The maximum atomic E-state index is 13.7. The molecule has 0 saturated heterocycles. The molecule has 42 heavy (non-hydrogen) atoms. The molecule has 5 rings (SSSR count). The van der Waals surface area contributed by atoms with E-state index in [0.717, 1.165) is 17.1 Å². The number of aromatic nitrogens is 1. The molecule has 0 unspecified atom stereocenters. The highest BCUT2D eigenvalue weighted by molar-refractivity contribution is 6.03. The molecule has 2 aliphatic rings. The Morgan fingerprint density at radius 1 is 1.14 bits per heavy atom. The Labute approximate surface area is 244 Å². The van der Waals surface area contributed by atoms with Crippen molar-refractivity contribution in [2.24, 2.45) is 5.92 Å². The predicted octanol–water partition coefficient (Wildman–Crippen LogP) is 4.02. The van der Waals surface area contributed by atoms with Crippen molar-refractivity contribution in [3.63, 3.8) is 0 Å². The number of urea groups is 1. The molecule has 3 atom stereocenters. The van der Waals surface area contributed by atoms with Crippen molar-refractivity contribution in [3.05, 3.63) is 59.0 Å². The molecule has 0 bridgehead atoms. The zero-order valence-corrected chi connectivity index (χ0v) is 24.5. The first-order valence-electron chi connectivity index (χ1n) is 13.9. The highest BCUT2D eigenvalue weighted by atomic mass is 16.7. The summed E-state index contributed by atoms with van der Waals surface area (Å²) in [6.45, 7) is 8.99. The highest BCUT2D eigenvalue weighted by Gasteiger charge is 2.33. The molecule has 0 fully saturated rings. The van der Waals surface area contributed by atoms with Crippen LogP contribution in [0.3, 0.4) is 0 Å². The van der Waals surface area contributed by atoms with Gasteiger partial charge in [0, 0.05) is 31.2 Å². The van der Waals surface area contributed by atoms with Crippen LogP contribution in [0, 0.1) is 19.8 Å². The number of nitrogens with zero attached hydrogens (tertiary/aromatic N) is 3. The summed E-state index contributed by atoms with van der Waals surface area (Å²) < 4.78 is 22.5. The molecule has 0 saturated carbocycles. The van der Waals surface area contributed by atoms with E-state index in [1.807, 2.05) is 39.1 Å². The third kappa shape index (κ3) is 6.29. The molecule has 12 nitrogen and oxygen atoms in total. The maximum absolute atomic E-state index is 13.7. The Morgan fingerprint density at radius 3 is 2.64 bits per heavy atom. The van der Waals surface area contributed by atoms with Crippen LogP contribution in [-0.2, 0) is 6.54 Å². The number of amides is 3. The fourth-order valence-corrected chi connectivity index (χ4v) is 5.18. The van der Waals surface area contributed by atoms with E-state index in [-0.39, 0.29) is 31.3 Å². The normalized spacial score (nSPS) is 18.6. The average Bonchev–Trinajstić information content (AvgIpc) is 3.56. The summed E-state index contributed by atoms with van der Waals surface area (Å²) in [5, 5.41) is 19.3. The fraction of sp³-hybridized carbons (Fsp3) is 0.433. The second-order valence-corrected chi connectivity index (χ2v) is 11.0. The topological polar surface area (TPSA) is 139 Å². The summed E-state index contributed by atoms with van der Waals surface area (Å²) in [5.41, 5.74) is 2.85. The Balaban J connectivity index is 1.35. The van der Waals surface area contributed by atoms with Gasteiger partial charge in [0.2, 0.25) is 6.79 Å². The van der Waals surface area contributed by atoms with Gasteiger partial charge in [-0.25, -0.2) is 4.79 Å². The standard InChI is InChI=1S/C30H37N5O7/c1-17-12-35(18(2)15-36)29(37)23-11-22(31-30(38)32-28-19(3)33-42-20(28)4)7-9-24(23)41-27(17)14-34(5)13-21-6-8-25-26(10-21)40-16-39-25/h6-11,17-18,27,36H,12-16H2,1-5H3,(H2,31,32,38)/t17-,18+,27+/m0/s1. The summed E-state index contributed by atoms with van der Waals surface area (Å²) in [7, 11) is 2.02. The van der Waals surface area contributed by atoms with Gasteiger partial charge in [0.25, 0.3) is 5.91 Å². The van der Waals surface area contributed by atoms with E-state index in [1.54, 1.807) is 36.9 Å². The average molecular weight is 580 g/mol. The van der Waals surface area contributed by atoms with Gasteiger partial charge >= 0.3 is 6.03 Å². The minimum atomic E-state index is -0.499. The predicted molar refractivity (Wildman–Crippen MR) is 155 cm³/mol. The molecule has 0 spiro atoms. The number of rotatable bonds is 8. The van der Waals surface area contributed by atoms with Gasteiger partial charge in [0.05, 0.1) is 18.2 Å². The van der Waals surface area contributed by atoms with E-state index in [9.17, 15) is 14.7 Å². The van der Waals surface area contributed by atoms with Crippen molar-refractivity contribution in [2.75, 3.05) is 44.2 Å². The van der Waals surface area contributed by atoms with Gasteiger partial charge < -0.3 is 39.4 Å². The number of ether oxygens (including phenoxy) is 3. The number of hydrogen-bond donors (Lipinski definition) is 3. The molecule has 3 N–H and O–H groups in total. The first-order chi connectivity index (χ1) is 20.1. The number of hydrogen-bond acceptors (Lipinski definition) is 9. The Morgan fingerprint density at radius 2 is 1.90 bits per heavy atom. The minimum absolute atomic E-state index is 0.0334. The quantitative estimate of drug-likeness (QED) is 0.361. The molecular weight excluding hydrogens is 542 g/mol. The number of benzene rings is 2. The Bertz CT molecular complexity index is 1440. The third-order valence-electron chi connectivity index (χ3n) is 7.58. The van der Waals surface area contributed by atoms with Crippen molar-refractivity contribution >= 4 is 23.3 Å². The zero-order chi connectivity index (χ0) is 30.0. The van der Waals surface area contributed by atoms with E-state index in [4.69, 9.17) is 18.7 Å². The molecule has 3 amide bonds. The SMILES string of the molecule is Cc1noc(C)c1NC(=O)Nc1ccc2c(c1)C(=O)N([C@H](C)CO)C[C@H](C)[C@@H](CN(C)Cc1ccc3c(c1)OCO3)O2. The largest absolute Gasteiger partial charge is 0.488 e. The molecule has 12 heteroatoms. The third-order valence-corrected chi connectivity index (χ3v) is 7.58. The molecule has 224 valence electrons. The molecular formula is C30H37N5O7. The van der Waals surface area contributed by atoms with Crippen LogP contribution in [0.4, 0.5) is 16.2 Å². The monoisotopic (exact) mass is 579 g/mol. The molecule has 2 aliphatic heterocycles. The van der Waals surface area contributed by atoms with Gasteiger partial charge in [0.1, 0.15) is 23.2 Å². The van der Waals surface area contributed by atoms with Gasteiger partial charge in [-0.3, -0.25) is 9.69 Å². The fourth-order valence-electron chi connectivity index (χ4n) is 5.18. The summed E-state index contributed by atoms with van der Waals surface area (Å²) in [6, 6.07) is 10.00. The number of aryl methyl sites for hydroxylation is 2. The Kier molecular flexibility index (Phi) is 8.55. The van der Waals surface area contributed by atoms with E-state index in [0.29, 0.717) is 53.8 Å². The van der Waals surface area contributed by atoms with Gasteiger partial charge in [0.15, 0.2) is 17.3 Å².